The van der Waals surface area contributed by atoms with Crippen LogP contribution in [0.4, 0.5) is 0 Å². The Bertz CT molecular complexity index is 557. The number of aliphatic hydroxyl groups excluding tert-OH is 2. The van der Waals surface area contributed by atoms with Crippen molar-refractivity contribution in [1.82, 2.24) is 0 Å². The van der Waals surface area contributed by atoms with Crippen molar-refractivity contribution in [2.45, 2.75) is 58.0 Å². The first-order valence-electron chi connectivity index (χ1n) is 8.11. The van der Waals surface area contributed by atoms with E-state index in [1.165, 1.54) is 6.92 Å². The van der Waals surface area contributed by atoms with Crippen LogP contribution in [0.5, 0.6) is 0 Å². The van der Waals surface area contributed by atoms with Crippen molar-refractivity contribution in [2.75, 3.05) is 0 Å². The Morgan fingerprint density at radius 3 is 2.65 bits per heavy atom. The van der Waals surface area contributed by atoms with Crippen LogP contribution in [0, 0.1) is 23.2 Å². The van der Waals surface area contributed by atoms with E-state index in [0.29, 0.717) is 6.42 Å². The van der Waals surface area contributed by atoms with Crippen molar-refractivity contribution in [2.24, 2.45) is 23.2 Å². The molecule has 128 valence electrons. The number of rotatable bonds is 1. The average Bonchev–Trinajstić information content (AvgIpc) is 2.79. The van der Waals surface area contributed by atoms with Crippen LogP contribution in [-0.2, 0) is 19.1 Å². The molecule has 1 heterocycles. The second-order valence-electron chi connectivity index (χ2n) is 7.45. The zero-order valence-electron chi connectivity index (χ0n) is 13.7. The second kappa shape index (κ2) is 5.31. The first-order chi connectivity index (χ1) is 10.7. The molecular weight excluding hydrogens is 300 g/mol. The molecular formula is C17H24O6. The summed E-state index contributed by atoms with van der Waals surface area (Å²) in [5, 5.41) is 21.1. The fraction of sp³-hybridized carbons (Fsp3) is 0.765. The predicted molar refractivity (Wildman–Crippen MR) is 80.1 cm³/mol. The molecule has 2 saturated carbocycles. The molecule has 1 saturated heterocycles. The number of carbonyl (C=O) groups is 2. The van der Waals surface area contributed by atoms with Gasteiger partial charge in [0.1, 0.15) is 12.2 Å². The van der Waals surface area contributed by atoms with Gasteiger partial charge in [-0.15, -0.1) is 0 Å². The molecule has 6 nitrogen and oxygen atoms in total. The van der Waals surface area contributed by atoms with Crippen LogP contribution < -0.4 is 0 Å². The third-order valence-corrected chi connectivity index (χ3v) is 6.09. The number of aliphatic hydroxyl groups is 2. The lowest BCUT2D eigenvalue weighted by Crippen LogP contribution is -2.51. The van der Waals surface area contributed by atoms with Crippen molar-refractivity contribution in [3.8, 4) is 0 Å². The lowest BCUT2D eigenvalue weighted by atomic mass is 9.67. The van der Waals surface area contributed by atoms with Gasteiger partial charge in [-0.1, -0.05) is 20.4 Å². The smallest absolute Gasteiger partial charge is 0.334 e. The van der Waals surface area contributed by atoms with Crippen LogP contribution in [0.15, 0.2) is 12.2 Å². The summed E-state index contributed by atoms with van der Waals surface area (Å²) in [5.74, 6) is -1.66. The first kappa shape index (κ1) is 16.5. The Balaban J connectivity index is 2.12. The first-order valence-corrected chi connectivity index (χ1v) is 8.11. The van der Waals surface area contributed by atoms with Gasteiger partial charge in [-0.3, -0.25) is 4.79 Å². The van der Waals surface area contributed by atoms with Crippen molar-refractivity contribution in [3.05, 3.63) is 12.2 Å². The summed E-state index contributed by atoms with van der Waals surface area (Å²) < 4.78 is 11.0. The molecule has 3 rings (SSSR count). The molecule has 6 heteroatoms. The second-order valence-corrected chi connectivity index (χ2v) is 7.45. The van der Waals surface area contributed by atoms with Crippen LogP contribution in [-0.4, -0.2) is 46.6 Å². The summed E-state index contributed by atoms with van der Waals surface area (Å²) in [6.45, 7) is 8.94. The van der Waals surface area contributed by atoms with Crippen LogP contribution in [0.1, 0.15) is 33.6 Å². The normalized spacial score (nSPS) is 49.2. The third-order valence-electron chi connectivity index (χ3n) is 6.09. The van der Waals surface area contributed by atoms with Gasteiger partial charge in [0.2, 0.25) is 0 Å². The van der Waals surface area contributed by atoms with E-state index >= 15 is 0 Å². The highest BCUT2D eigenvalue weighted by atomic mass is 16.6. The molecule has 1 aliphatic heterocycles. The molecule has 0 amide bonds. The standard InChI is InChI=1S/C17H24O6/c1-7-5-11-13(8(2)16(21)23-11)15(22-9(3)18)17(4)12(20)6-10(19)14(7)17/h7,10-15,19-20H,2,5-6H2,1,3-4H3/t7-,10-,11+,12-,13-,14+,15-,17-/m1/s1. The fourth-order valence-electron chi connectivity index (χ4n) is 5.14. The van der Waals surface area contributed by atoms with E-state index in [0.717, 1.165) is 0 Å². The van der Waals surface area contributed by atoms with E-state index in [-0.39, 0.29) is 23.8 Å². The molecule has 0 aromatic rings. The van der Waals surface area contributed by atoms with E-state index < -0.39 is 47.7 Å². The Morgan fingerprint density at radius 1 is 1.39 bits per heavy atom. The number of carbonyl (C=O) groups excluding carboxylic acids is 2. The van der Waals surface area contributed by atoms with E-state index in [2.05, 4.69) is 6.58 Å². The van der Waals surface area contributed by atoms with Gasteiger partial charge >= 0.3 is 11.9 Å². The van der Waals surface area contributed by atoms with Gasteiger partial charge in [0.15, 0.2) is 0 Å². The zero-order chi connectivity index (χ0) is 17.1. The Kier molecular flexibility index (Phi) is 3.80. The molecule has 0 spiro atoms. The maximum absolute atomic E-state index is 12.0. The SMILES string of the molecule is C=C1C(=O)O[C@H]2C[C@@H](C)[C@H]3[C@H](O)C[C@@H](O)[C@@]3(C)[C@H](OC(C)=O)[C@H]12. The van der Waals surface area contributed by atoms with E-state index in [9.17, 15) is 19.8 Å². The van der Waals surface area contributed by atoms with Crippen molar-refractivity contribution in [3.63, 3.8) is 0 Å². The van der Waals surface area contributed by atoms with Gasteiger partial charge in [0.05, 0.1) is 18.1 Å². The Labute approximate surface area is 135 Å². The summed E-state index contributed by atoms with van der Waals surface area (Å²) in [4.78, 5) is 23.6. The zero-order valence-corrected chi connectivity index (χ0v) is 13.7. The molecule has 0 bridgehead atoms. The minimum Gasteiger partial charge on any atom is -0.461 e. The number of hydrogen-bond donors (Lipinski definition) is 2. The highest BCUT2D eigenvalue weighted by Gasteiger charge is 2.65. The van der Waals surface area contributed by atoms with Crippen molar-refractivity contribution < 1.29 is 29.3 Å². The maximum Gasteiger partial charge on any atom is 0.334 e. The highest BCUT2D eigenvalue weighted by Crippen LogP contribution is 2.58. The molecule has 2 N–H and O–H groups in total. The summed E-state index contributed by atoms with van der Waals surface area (Å²) in [6.07, 6.45) is -1.89. The third kappa shape index (κ3) is 2.22. The molecule has 0 radical (unpaired) electrons. The van der Waals surface area contributed by atoms with Gasteiger partial charge in [-0.25, -0.2) is 4.79 Å². The molecule has 8 atom stereocenters. The van der Waals surface area contributed by atoms with Gasteiger partial charge in [0, 0.05) is 24.3 Å². The van der Waals surface area contributed by atoms with Gasteiger partial charge in [-0.2, -0.15) is 0 Å². The predicted octanol–water partition coefficient (Wildman–Crippen LogP) is 0.804. The minimum absolute atomic E-state index is 0.0129. The quantitative estimate of drug-likeness (QED) is 0.547. The maximum atomic E-state index is 12.0. The Hall–Kier alpha value is -1.40. The summed E-state index contributed by atoms with van der Waals surface area (Å²) in [5.41, 5.74) is -0.565. The molecule has 2 aliphatic carbocycles. The fourth-order valence-corrected chi connectivity index (χ4v) is 5.14. The van der Waals surface area contributed by atoms with Gasteiger partial charge in [-0.05, 0) is 18.3 Å². The lowest BCUT2D eigenvalue weighted by molar-refractivity contribution is -0.168. The molecule has 0 aromatic heterocycles. The van der Waals surface area contributed by atoms with E-state index in [1.54, 1.807) is 0 Å². The average molecular weight is 324 g/mol. The summed E-state index contributed by atoms with van der Waals surface area (Å²) >= 11 is 0. The largest absolute Gasteiger partial charge is 0.461 e. The monoisotopic (exact) mass is 324 g/mol. The highest BCUT2D eigenvalue weighted by molar-refractivity contribution is 5.91. The molecule has 23 heavy (non-hydrogen) atoms. The van der Waals surface area contributed by atoms with Crippen LogP contribution in [0.2, 0.25) is 0 Å². The number of ether oxygens (including phenoxy) is 2. The molecule has 3 aliphatic rings. The molecule has 3 fully saturated rings. The van der Waals surface area contributed by atoms with E-state index in [1.807, 2.05) is 13.8 Å². The number of esters is 2. The van der Waals surface area contributed by atoms with Crippen LogP contribution >= 0.6 is 0 Å². The Morgan fingerprint density at radius 2 is 2.04 bits per heavy atom. The number of hydrogen-bond acceptors (Lipinski definition) is 6. The van der Waals surface area contributed by atoms with Crippen molar-refractivity contribution in [1.29, 1.82) is 0 Å². The topological polar surface area (TPSA) is 93.1 Å². The van der Waals surface area contributed by atoms with Crippen LogP contribution in [0.3, 0.4) is 0 Å². The van der Waals surface area contributed by atoms with E-state index in [4.69, 9.17) is 9.47 Å². The van der Waals surface area contributed by atoms with Crippen LogP contribution in [0.25, 0.3) is 0 Å². The lowest BCUT2D eigenvalue weighted by Gasteiger charge is -2.43. The van der Waals surface area contributed by atoms with Gasteiger partial charge < -0.3 is 19.7 Å². The van der Waals surface area contributed by atoms with Gasteiger partial charge in [0.25, 0.3) is 0 Å². The summed E-state index contributed by atoms with van der Waals surface area (Å²) in [6, 6.07) is 0. The molecule has 0 unspecified atom stereocenters. The molecule has 0 aromatic carbocycles. The minimum atomic E-state index is -0.846. The van der Waals surface area contributed by atoms with Crippen molar-refractivity contribution >= 4 is 11.9 Å². The number of fused-ring (bicyclic) bond motifs is 2. The summed E-state index contributed by atoms with van der Waals surface area (Å²) in [7, 11) is 0.